The molecule has 7 nitrogen and oxygen atoms in total. The van der Waals surface area contributed by atoms with Crippen LogP contribution in [0.25, 0.3) is 77.0 Å². The van der Waals surface area contributed by atoms with Gasteiger partial charge in [-0.05, 0) is 44.2 Å². The first-order valence-corrected chi connectivity index (χ1v) is 15.7. The molecule has 0 aliphatic carbocycles. The zero-order chi connectivity index (χ0) is 34.8. The first kappa shape index (κ1) is 30.5. The fraction of sp³-hybridized carbons (Fsp3) is 0. The molecule has 240 valence electrons. The summed E-state index contributed by atoms with van der Waals surface area (Å²) in [7, 11) is 6.08. The van der Waals surface area contributed by atoms with E-state index >= 15 is 0 Å². The Morgan fingerprint density at radius 1 is 0.540 bits per heavy atom. The maximum absolute atomic E-state index is 11.4. The van der Waals surface area contributed by atoms with Crippen molar-refractivity contribution in [1.82, 2.24) is 0 Å². The molecule has 0 aliphatic heterocycles. The molecule has 0 unspecified atom stereocenters. The monoisotopic (exact) mass is 654 g/mol. The molecule has 0 spiro atoms. The standard InChI is InChI=1S/C42H27BO7/c1-21(11-2-3-12-22-13-10-19-28-23-14-8-9-20-29(23)50-42(22)28)30-24-15-4-6-17-26(24)31(27-18-7-5-16-25(27)30)32-33-34(35(43)39(47)36(32)44)38(46)41(49)40(48)37(33)45/h2-20,44-49H,1H2/b11-2-,12-3+. The molecule has 0 bridgehead atoms. The predicted molar refractivity (Wildman–Crippen MR) is 201 cm³/mol. The summed E-state index contributed by atoms with van der Waals surface area (Å²) >= 11 is 0. The minimum Gasteiger partial charge on any atom is -0.505 e. The topological polar surface area (TPSA) is 135 Å². The van der Waals surface area contributed by atoms with Crippen LogP contribution in [0.2, 0.25) is 0 Å². The second-order valence-electron chi connectivity index (χ2n) is 12.0. The molecule has 8 aromatic rings. The highest BCUT2D eigenvalue weighted by Crippen LogP contribution is 2.56. The SMILES string of the molecule is [B]c1c(O)c(O)c(-c2c3ccccc3c(C(=C)/C=C\C=C\c3cccc4c3oc3ccccc34)c3ccccc23)c2c(O)c(O)c(O)c(O)c12. The lowest BCUT2D eigenvalue weighted by molar-refractivity contribution is 0.350. The summed E-state index contributed by atoms with van der Waals surface area (Å²) in [5.74, 6) is -5.16. The van der Waals surface area contributed by atoms with E-state index in [1.807, 2.05) is 103 Å². The van der Waals surface area contributed by atoms with E-state index < -0.39 is 40.0 Å². The summed E-state index contributed by atoms with van der Waals surface area (Å²) in [5.41, 5.74) is 3.85. The first-order chi connectivity index (χ1) is 24.2. The number of furan rings is 1. The van der Waals surface area contributed by atoms with Gasteiger partial charge in [0.15, 0.2) is 23.0 Å². The molecule has 6 N–H and O–H groups in total. The molecule has 8 heteroatoms. The number of phenols is 6. The Balaban J connectivity index is 1.31. The van der Waals surface area contributed by atoms with Gasteiger partial charge < -0.3 is 35.1 Å². The Morgan fingerprint density at radius 2 is 1.10 bits per heavy atom. The van der Waals surface area contributed by atoms with Crippen LogP contribution in [0, 0.1) is 0 Å². The van der Waals surface area contributed by atoms with Crippen LogP contribution in [-0.2, 0) is 0 Å². The number of benzene rings is 7. The van der Waals surface area contributed by atoms with E-state index in [4.69, 9.17) is 12.3 Å². The van der Waals surface area contributed by atoms with Crippen molar-refractivity contribution in [2.45, 2.75) is 0 Å². The molecule has 0 saturated heterocycles. The van der Waals surface area contributed by atoms with Crippen molar-refractivity contribution in [3.63, 3.8) is 0 Å². The van der Waals surface area contributed by atoms with Crippen molar-refractivity contribution < 1.29 is 35.1 Å². The molecule has 50 heavy (non-hydrogen) atoms. The highest BCUT2D eigenvalue weighted by Gasteiger charge is 2.29. The van der Waals surface area contributed by atoms with Gasteiger partial charge in [-0.2, -0.15) is 0 Å². The first-order valence-electron chi connectivity index (χ1n) is 15.7. The third-order valence-corrected chi connectivity index (χ3v) is 9.25. The highest BCUT2D eigenvalue weighted by atomic mass is 16.3. The minimum atomic E-state index is -1.02. The predicted octanol–water partition coefficient (Wildman–Crippen LogP) is 9.02. The Morgan fingerprint density at radius 3 is 1.76 bits per heavy atom. The van der Waals surface area contributed by atoms with E-state index in [1.165, 1.54) is 0 Å². The highest BCUT2D eigenvalue weighted by molar-refractivity contribution is 6.44. The van der Waals surface area contributed by atoms with Gasteiger partial charge >= 0.3 is 0 Å². The van der Waals surface area contributed by atoms with Gasteiger partial charge in [0, 0.05) is 38.2 Å². The zero-order valence-electron chi connectivity index (χ0n) is 26.3. The van der Waals surface area contributed by atoms with Crippen molar-refractivity contribution in [2.24, 2.45) is 0 Å². The van der Waals surface area contributed by atoms with E-state index in [1.54, 1.807) is 12.1 Å². The van der Waals surface area contributed by atoms with Crippen molar-refractivity contribution in [3.05, 3.63) is 127 Å². The summed E-state index contributed by atoms with van der Waals surface area (Å²) in [6.45, 7) is 4.41. The summed E-state index contributed by atoms with van der Waals surface area (Å²) in [6, 6.07) is 28.7. The van der Waals surface area contributed by atoms with E-state index in [9.17, 15) is 30.6 Å². The quantitative estimate of drug-likeness (QED) is 0.0359. The van der Waals surface area contributed by atoms with Gasteiger partial charge in [0.1, 0.15) is 19.0 Å². The average Bonchev–Trinajstić information content (AvgIpc) is 3.52. The average molecular weight is 654 g/mol. The van der Waals surface area contributed by atoms with Crippen LogP contribution in [-0.4, -0.2) is 38.5 Å². The molecule has 0 amide bonds. The molecular formula is C42H27BO7. The molecule has 2 radical (unpaired) electrons. The maximum atomic E-state index is 11.4. The van der Waals surface area contributed by atoms with Gasteiger partial charge in [0.05, 0.1) is 0 Å². The molecule has 8 rings (SSSR count). The van der Waals surface area contributed by atoms with E-state index in [0.29, 0.717) is 21.9 Å². The maximum Gasteiger partial charge on any atom is 0.204 e. The zero-order valence-corrected chi connectivity index (χ0v) is 26.3. The normalized spacial score (nSPS) is 12.1. The van der Waals surface area contributed by atoms with Gasteiger partial charge in [-0.15, -0.1) is 0 Å². The number of hydrogen-bond donors (Lipinski definition) is 6. The molecule has 7 aromatic carbocycles. The summed E-state index contributed by atoms with van der Waals surface area (Å²) in [6.07, 6.45) is 7.69. The summed E-state index contributed by atoms with van der Waals surface area (Å²) in [4.78, 5) is 0. The third-order valence-electron chi connectivity index (χ3n) is 9.25. The second-order valence-corrected chi connectivity index (χ2v) is 12.0. The number of para-hydroxylation sites is 2. The third kappa shape index (κ3) is 4.39. The van der Waals surface area contributed by atoms with Crippen LogP contribution in [0.4, 0.5) is 0 Å². The van der Waals surface area contributed by atoms with Crippen LogP contribution in [0.15, 0.2) is 120 Å². The molecule has 0 saturated carbocycles. The number of hydrogen-bond acceptors (Lipinski definition) is 7. The molecule has 0 fully saturated rings. The van der Waals surface area contributed by atoms with Crippen LogP contribution >= 0.6 is 0 Å². The molecule has 1 aromatic heterocycles. The van der Waals surface area contributed by atoms with Gasteiger partial charge in [0.2, 0.25) is 11.5 Å². The van der Waals surface area contributed by atoms with Crippen LogP contribution in [0.3, 0.4) is 0 Å². The minimum absolute atomic E-state index is 0.0994. The lowest BCUT2D eigenvalue weighted by atomic mass is 9.80. The largest absolute Gasteiger partial charge is 0.505 e. The van der Waals surface area contributed by atoms with Gasteiger partial charge in [-0.3, -0.25) is 0 Å². The fourth-order valence-corrected chi connectivity index (χ4v) is 6.99. The van der Waals surface area contributed by atoms with E-state index in [0.717, 1.165) is 43.8 Å². The van der Waals surface area contributed by atoms with Crippen LogP contribution < -0.4 is 5.46 Å². The van der Waals surface area contributed by atoms with Crippen molar-refractivity contribution in [2.75, 3.05) is 0 Å². The number of aromatic hydroxyl groups is 6. The van der Waals surface area contributed by atoms with Crippen molar-refractivity contribution >= 4 is 79.2 Å². The van der Waals surface area contributed by atoms with Crippen LogP contribution in [0.1, 0.15) is 11.1 Å². The van der Waals surface area contributed by atoms with Crippen molar-refractivity contribution in [1.29, 1.82) is 0 Å². The number of allylic oxidation sites excluding steroid dienone is 4. The number of phenolic OH excluding ortho intramolecular Hbond substituents is 6. The Labute approximate surface area is 286 Å². The van der Waals surface area contributed by atoms with Crippen LogP contribution in [0.5, 0.6) is 34.5 Å². The van der Waals surface area contributed by atoms with Gasteiger partial charge in [-0.1, -0.05) is 116 Å². The van der Waals surface area contributed by atoms with Crippen molar-refractivity contribution in [3.8, 4) is 45.6 Å². The lowest BCUT2D eigenvalue weighted by Gasteiger charge is -2.22. The number of rotatable bonds is 5. The smallest absolute Gasteiger partial charge is 0.204 e. The Kier molecular flexibility index (Phi) is 6.98. The molecule has 1 heterocycles. The summed E-state index contributed by atoms with van der Waals surface area (Å²) in [5, 5.41) is 69.4. The summed E-state index contributed by atoms with van der Waals surface area (Å²) < 4.78 is 6.16. The van der Waals surface area contributed by atoms with E-state index in [-0.39, 0.29) is 16.3 Å². The number of fused-ring (bicyclic) bond motifs is 6. The lowest BCUT2D eigenvalue weighted by Crippen LogP contribution is -2.07. The Hall–Kier alpha value is -6.80. The van der Waals surface area contributed by atoms with Gasteiger partial charge in [0.25, 0.3) is 0 Å². The van der Waals surface area contributed by atoms with Gasteiger partial charge in [-0.25, -0.2) is 0 Å². The molecular weight excluding hydrogens is 627 g/mol. The van der Waals surface area contributed by atoms with E-state index in [2.05, 4.69) is 6.58 Å². The second kappa shape index (κ2) is 11.4. The fourth-order valence-electron chi connectivity index (χ4n) is 6.99. The molecule has 0 atom stereocenters. The Bertz CT molecular complexity index is 2740. The molecule has 0 aliphatic rings.